The van der Waals surface area contributed by atoms with Crippen LogP contribution in [-0.4, -0.2) is 22.9 Å². The van der Waals surface area contributed by atoms with E-state index < -0.39 is 5.97 Å². The minimum atomic E-state index is -1.15. The molecule has 1 aromatic rings. The largest absolute Gasteiger partial charge is 0.478 e. The molecule has 0 radical (unpaired) electrons. The number of aromatic carboxylic acids is 1. The van der Waals surface area contributed by atoms with Crippen molar-refractivity contribution in [3.05, 3.63) is 28.2 Å². The topological polar surface area (TPSA) is 74.7 Å². The summed E-state index contributed by atoms with van der Waals surface area (Å²) in [7, 11) is 0. The van der Waals surface area contributed by atoms with Gasteiger partial charge in [0.1, 0.15) is 0 Å². The fourth-order valence-electron chi connectivity index (χ4n) is 3.01. The Balaban J connectivity index is 2.12. The van der Waals surface area contributed by atoms with Gasteiger partial charge in [0, 0.05) is 16.3 Å². The van der Waals surface area contributed by atoms with Crippen molar-refractivity contribution in [2.75, 3.05) is 4.90 Å². The summed E-state index contributed by atoms with van der Waals surface area (Å²) in [4.78, 5) is 37.1. The van der Waals surface area contributed by atoms with E-state index in [4.69, 9.17) is 0 Å². The molecule has 1 aliphatic heterocycles. The predicted octanol–water partition coefficient (Wildman–Crippen LogP) is 2.44. The normalized spacial score (nSPS) is 25.1. The number of hydrogen-bond acceptors (Lipinski definition) is 3. The van der Waals surface area contributed by atoms with E-state index in [1.807, 2.05) is 0 Å². The zero-order chi connectivity index (χ0) is 14.4. The van der Waals surface area contributed by atoms with Crippen LogP contribution in [0.3, 0.4) is 0 Å². The van der Waals surface area contributed by atoms with Crippen LogP contribution in [0.5, 0.6) is 0 Å². The minimum absolute atomic E-state index is 0.0313. The first-order chi connectivity index (χ1) is 9.49. The van der Waals surface area contributed by atoms with Crippen LogP contribution in [0, 0.1) is 11.8 Å². The van der Waals surface area contributed by atoms with Crippen LogP contribution in [0.1, 0.15) is 29.6 Å². The molecule has 1 aliphatic carbocycles. The SMILES string of the molecule is O=C(O)c1ccc(Br)cc1N1C(=O)C2CCC(C2)C1=O. The number of fused-ring (bicyclic) bond motifs is 2. The lowest BCUT2D eigenvalue weighted by atomic mass is 9.95. The van der Waals surface area contributed by atoms with Gasteiger partial charge >= 0.3 is 5.97 Å². The monoisotopic (exact) mass is 337 g/mol. The lowest BCUT2D eigenvalue weighted by Crippen LogP contribution is -2.47. The number of hydrogen-bond donors (Lipinski definition) is 1. The number of carboxylic acid groups (broad SMARTS) is 1. The molecule has 2 bridgehead atoms. The van der Waals surface area contributed by atoms with Gasteiger partial charge in [0.2, 0.25) is 11.8 Å². The molecule has 104 valence electrons. The van der Waals surface area contributed by atoms with Gasteiger partial charge in [-0.2, -0.15) is 0 Å². The number of nitrogens with zero attached hydrogens (tertiary/aromatic N) is 1. The van der Waals surface area contributed by atoms with Gasteiger partial charge < -0.3 is 5.11 Å². The molecule has 0 spiro atoms. The third-order valence-electron chi connectivity index (χ3n) is 4.00. The molecule has 2 unspecified atom stereocenters. The second kappa shape index (κ2) is 4.70. The van der Waals surface area contributed by atoms with Gasteiger partial charge in [-0.15, -0.1) is 0 Å². The van der Waals surface area contributed by atoms with Crippen molar-refractivity contribution >= 4 is 39.4 Å². The summed E-state index contributed by atoms with van der Waals surface area (Å²) in [6, 6.07) is 4.50. The molecule has 1 saturated carbocycles. The van der Waals surface area contributed by atoms with E-state index in [1.54, 1.807) is 6.07 Å². The van der Waals surface area contributed by atoms with Crippen molar-refractivity contribution in [2.24, 2.45) is 11.8 Å². The van der Waals surface area contributed by atoms with E-state index in [9.17, 15) is 19.5 Å². The lowest BCUT2D eigenvalue weighted by Gasteiger charge is -2.30. The molecule has 1 aromatic carbocycles. The number of rotatable bonds is 2. The number of amides is 2. The molecule has 6 heteroatoms. The Morgan fingerprint density at radius 3 is 2.35 bits per heavy atom. The van der Waals surface area contributed by atoms with Crippen molar-refractivity contribution in [3.8, 4) is 0 Å². The summed E-state index contributed by atoms with van der Waals surface area (Å²) in [5.41, 5.74) is 0.134. The zero-order valence-electron chi connectivity index (χ0n) is 10.5. The third-order valence-corrected chi connectivity index (χ3v) is 4.50. The maximum atomic E-state index is 12.4. The molecule has 2 amide bonds. The highest BCUT2D eigenvalue weighted by Crippen LogP contribution is 2.41. The fourth-order valence-corrected chi connectivity index (χ4v) is 3.36. The quantitative estimate of drug-likeness (QED) is 0.841. The Morgan fingerprint density at radius 2 is 1.80 bits per heavy atom. The maximum Gasteiger partial charge on any atom is 0.337 e. The van der Waals surface area contributed by atoms with Gasteiger partial charge in [0.25, 0.3) is 0 Å². The molecule has 0 aromatic heterocycles. The van der Waals surface area contributed by atoms with E-state index in [1.165, 1.54) is 12.1 Å². The van der Waals surface area contributed by atoms with Gasteiger partial charge in [-0.05, 0) is 37.5 Å². The Labute approximate surface area is 123 Å². The predicted molar refractivity (Wildman–Crippen MR) is 74.4 cm³/mol. The molecule has 2 aliphatic rings. The van der Waals surface area contributed by atoms with Crippen LogP contribution < -0.4 is 4.90 Å². The van der Waals surface area contributed by atoms with Gasteiger partial charge in [0.15, 0.2) is 0 Å². The number of carboxylic acids is 1. The highest BCUT2D eigenvalue weighted by Gasteiger charge is 2.46. The molecule has 2 atom stereocenters. The van der Waals surface area contributed by atoms with E-state index in [2.05, 4.69) is 15.9 Å². The van der Waals surface area contributed by atoms with E-state index >= 15 is 0 Å². The zero-order valence-corrected chi connectivity index (χ0v) is 12.1. The first-order valence-electron chi connectivity index (χ1n) is 6.39. The molecule has 1 saturated heterocycles. The first-order valence-corrected chi connectivity index (χ1v) is 7.19. The average Bonchev–Trinajstić information content (AvgIpc) is 2.83. The molecular weight excluding hydrogens is 326 g/mol. The van der Waals surface area contributed by atoms with Crippen molar-refractivity contribution in [3.63, 3.8) is 0 Å². The van der Waals surface area contributed by atoms with Crippen molar-refractivity contribution < 1.29 is 19.5 Å². The minimum Gasteiger partial charge on any atom is -0.478 e. The molecule has 1 heterocycles. The molecular formula is C14H12BrNO4. The van der Waals surface area contributed by atoms with Crippen LogP contribution in [-0.2, 0) is 9.59 Å². The maximum absolute atomic E-state index is 12.4. The van der Waals surface area contributed by atoms with Gasteiger partial charge in [-0.1, -0.05) is 15.9 Å². The van der Waals surface area contributed by atoms with Crippen LogP contribution >= 0.6 is 15.9 Å². The summed E-state index contributed by atoms with van der Waals surface area (Å²) in [6.45, 7) is 0. The number of carbonyl (C=O) groups is 3. The number of carbonyl (C=O) groups excluding carboxylic acids is 2. The Morgan fingerprint density at radius 1 is 1.20 bits per heavy atom. The number of imide groups is 1. The standard InChI is InChI=1S/C14H12BrNO4/c15-9-3-4-10(14(19)20)11(6-9)16-12(17)7-1-2-8(5-7)13(16)18/h3-4,6-8H,1-2,5H2,(H,19,20). The molecule has 5 nitrogen and oxygen atoms in total. The van der Waals surface area contributed by atoms with Gasteiger partial charge in [-0.3, -0.25) is 9.59 Å². The lowest BCUT2D eigenvalue weighted by molar-refractivity contribution is -0.132. The highest BCUT2D eigenvalue weighted by molar-refractivity contribution is 9.10. The number of halogens is 1. The molecule has 3 rings (SSSR count). The van der Waals surface area contributed by atoms with Crippen LogP contribution in [0.15, 0.2) is 22.7 Å². The van der Waals surface area contributed by atoms with E-state index in [0.717, 1.165) is 4.90 Å². The Bertz CT molecular complexity index is 606. The molecule has 1 N–H and O–H groups in total. The third kappa shape index (κ3) is 1.95. The second-order valence-corrected chi connectivity index (χ2v) is 6.10. The summed E-state index contributed by atoms with van der Waals surface area (Å²) in [5.74, 6) is -2.00. The van der Waals surface area contributed by atoms with Gasteiger partial charge in [-0.25, -0.2) is 9.69 Å². The van der Waals surface area contributed by atoms with Crippen molar-refractivity contribution in [1.29, 1.82) is 0 Å². The number of benzene rings is 1. The summed E-state index contributed by atoms with van der Waals surface area (Å²) in [6.07, 6.45) is 2.02. The first kappa shape index (κ1) is 13.3. The van der Waals surface area contributed by atoms with Crippen LogP contribution in [0.25, 0.3) is 0 Å². The average molecular weight is 338 g/mol. The molecule has 20 heavy (non-hydrogen) atoms. The van der Waals surface area contributed by atoms with Crippen molar-refractivity contribution in [2.45, 2.75) is 19.3 Å². The van der Waals surface area contributed by atoms with Crippen molar-refractivity contribution in [1.82, 2.24) is 0 Å². The van der Waals surface area contributed by atoms with E-state index in [0.29, 0.717) is 23.7 Å². The van der Waals surface area contributed by atoms with E-state index in [-0.39, 0.29) is 34.9 Å². The number of piperidine rings is 1. The molecule has 2 fully saturated rings. The summed E-state index contributed by atoms with van der Waals surface area (Å²) >= 11 is 3.26. The Hall–Kier alpha value is -1.69. The summed E-state index contributed by atoms with van der Waals surface area (Å²) < 4.78 is 0.635. The van der Waals surface area contributed by atoms with Crippen LogP contribution in [0.2, 0.25) is 0 Å². The summed E-state index contributed by atoms with van der Waals surface area (Å²) in [5, 5.41) is 9.24. The van der Waals surface area contributed by atoms with Gasteiger partial charge in [0.05, 0.1) is 11.3 Å². The smallest absolute Gasteiger partial charge is 0.337 e. The second-order valence-electron chi connectivity index (χ2n) is 5.19. The number of anilines is 1. The Kier molecular flexibility index (Phi) is 3.12. The van der Waals surface area contributed by atoms with Crippen LogP contribution in [0.4, 0.5) is 5.69 Å². The highest BCUT2D eigenvalue weighted by atomic mass is 79.9. The fraction of sp³-hybridized carbons (Fsp3) is 0.357.